The summed E-state index contributed by atoms with van der Waals surface area (Å²) in [4.78, 5) is 3.98. The van der Waals surface area contributed by atoms with Crippen LogP contribution in [0.1, 0.15) is 18.4 Å². The van der Waals surface area contributed by atoms with Gasteiger partial charge in [-0.3, -0.25) is 0 Å². The number of hydrogen-bond donors (Lipinski definition) is 0. The Morgan fingerprint density at radius 2 is 2.17 bits per heavy atom. The number of ether oxygens (including phenoxy) is 1. The van der Waals surface area contributed by atoms with E-state index in [0.29, 0.717) is 6.54 Å². The topological polar surface area (TPSA) is 39.9 Å². The van der Waals surface area contributed by atoms with E-state index in [4.69, 9.17) is 16.3 Å². The fourth-order valence-corrected chi connectivity index (χ4v) is 2.60. The monoisotopic (exact) mass is 263 g/mol. The minimum absolute atomic E-state index is 0.293. The van der Waals surface area contributed by atoms with Crippen LogP contribution < -0.4 is 0 Å². The van der Waals surface area contributed by atoms with E-state index in [2.05, 4.69) is 10.1 Å². The van der Waals surface area contributed by atoms with Gasteiger partial charge in [0.1, 0.15) is 18.3 Å². The van der Waals surface area contributed by atoms with Crippen molar-refractivity contribution in [2.24, 2.45) is 0 Å². The maximum absolute atomic E-state index is 6.01. The number of aromatic nitrogens is 3. The van der Waals surface area contributed by atoms with E-state index >= 15 is 0 Å². The quantitative estimate of drug-likeness (QED) is 0.855. The van der Waals surface area contributed by atoms with Crippen molar-refractivity contribution < 1.29 is 4.74 Å². The van der Waals surface area contributed by atoms with Crippen LogP contribution in [0, 0.1) is 0 Å². The van der Waals surface area contributed by atoms with E-state index in [0.717, 1.165) is 30.0 Å². The SMILES string of the molecule is Clc1ccc(C2(Cn3cncn3)CCCO2)cc1. The van der Waals surface area contributed by atoms with Crippen LogP contribution in [0.3, 0.4) is 0 Å². The second-order valence-electron chi connectivity index (χ2n) is 4.55. The van der Waals surface area contributed by atoms with Crippen molar-refractivity contribution in [3.63, 3.8) is 0 Å². The molecule has 0 spiro atoms. The molecule has 18 heavy (non-hydrogen) atoms. The molecule has 94 valence electrons. The molecule has 0 radical (unpaired) electrons. The molecule has 1 aromatic carbocycles. The lowest BCUT2D eigenvalue weighted by Crippen LogP contribution is -2.31. The normalized spacial score (nSPS) is 23.4. The van der Waals surface area contributed by atoms with Gasteiger partial charge in [0.05, 0.1) is 6.54 Å². The molecule has 2 aromatic rings. The first-order chi connectivity index (χ1) is 8.78. The molecular formula is C13H14ClN3O. The molecule has 1 aliphatic heterocycles. The molecule has 1 fully saturated rings. The Labute approximate surface area is 111 Å². The third kappa shape index (κ3) is 2.13. The van der Waals surface area contributed by atoms with Crippen molar-refractivity contribution in [2.75, 3.05) is 6.61 Å². The van der Waals surface area contributed by atoms with Crippen LogP contribution in [0.4, 0.5) is 0 Å². The highest BCUT2D eigenvalue weighted by Gasteiger charge is 2.37. The average molecular weight is 264 g/mol. The average Bonchev–Trinajstić information content (AvgIpc) is 3.03. The van der Waals surface area contributed by atoms with E-state index in [1.54, 1.807) is 12.7 Å². The van der Waals surface area contributed by atoms with Crippen LogP contribution in [0.2, 0.25) is 5.02 Å². The van der Waals surface area contributed by atoms with Crippen molar-refractivity contribution in [1.29, 1.82) is 0 Å². The summed E-state index contributed by atoms with van der Waals surface area (Å²) >= 11 is 5.94. The zero-order valence-corrected chi connectivity index (χ0v) is 10.7. The zero-order valence-electron chi connectivity index (χ0n) is 9.92. The lowest BCUT2D eigenvalue weighted by atomic mass is 9.91. The Kier molecular flexibility index (Phi) is 3.06. The van der Waals surface area contributed by atoms with Crippen molar-refractivity contribution in [1.82, 2.24) is 14.8 Å². The smallest absolute Gasteiger partial charge is 0.137 e. The van der Waals surface area contributed by atoms with Gasteiger partial charge in [0.2, 0.25) is 0 Å². The Morgan fingerprint density at radius 3 is 2.78 bits per heavy atom. The summed E-state index contributed by atoms with van der Waals surface area (Å²) < 4.78 is 7.83. The maximum Gasteiger partial charge on any atom is 0.137 e. The molecule has 0 saturated carbocycles. The summed E-state index contributed by atoms with van der Waals surface area (Å²) in [6.07, 6.45) is 5.33. The molecule has 0 N–H and O–H groups in total. The highest BCUT2D eigenvalue weighted by molar-refractivity contribution is 6.30. The first-order valence-corrected chi connectivity index (χ1v) is 6.39. The summed E-state index contributed by atoms with van der Waals surface area (Å²) in [5, 5.41) is 4.91. The van der Waals surface area contributed by atoms with E-state index < -0.39 is 0 Å². The van der Waals surface area contributed by atoms with Gasteiger partial charge in [-0.05, 0) is 30.5 Å². The molecule has 1 atom stereocenters. The molecule has 3 rings (SSSR count). The molecule has 5 heteroatoms. The first-order valence-electron chi connectivity index (χ1n) is 6.01. The summed E-state index contributed by atoms with van der Waals surface area (Å²) in [5.41, 5.74) is 0.859. The van der Waals surface area contributed by atoms with Crippen molar-refractivity contribution in [3.8, 4) is 0 Å². The third-order valence-electron chi connectivity index (χ3n) is 3.36. The van der Waals surface area contributed by atoms with E-state index in [-0.39, 0.29) is 5.60 Å². The van der Waals surface area contributed by atoms with Crippen molar-refractivity contribution in [2.45, 2.75) is 25.0 Å². The Morgan fingerprint density at radius 1 is 1.33 bits per heavy atom. The number of rotatable bonds is 3. The number of halogens is 1. The predicted molar refractivity (Wildman–Crippen MR) is 68.3 cm³/mol. The van der Waals surface area contributed by atoms with Crippen LogP contribution in [0.15, 0.2) is 36.9 Å². The Balaban J connectivity index is 1.93. The van der Waals surface area contributed by atoms with Crippen molar-refractivity contribution >= 4 is 11.6 Å². The molecular weight excluding hydrogens is 250 g/mol. The number of nitrogens with zero attached hydrogens (tertiary/aromatic N) is 3. The van der Waals surface area contributed by atoms with Gasteiger partial charge in [-0.1, -0.05) is 23.7 Å². The fraction of sp³-hybridized carbons (Fsp3) is 0.385. The summed E-state index contributed by atoms with van der Waals surface area (Å²) in [5.74, 6) is 0. The van der Waals surface area contributed by atoms with Crippen LogP contribution in [0.5, 0.6) is 0 Å². The van der Waals surface area contributed by atoms with Gasteiger partial charge in [0.25, 0.3) is 0 Å². The van der Waals surface area contributed by atoms with Gasteiger partial charge in [-0.2, -0.15) is 5.10 Å². The largest absolute Gasteiger partial charge is 0.368 e. The highest BCUT2D eigenvalue weighted by atomic mass is 35.5. The van der Waals surface area contributed by atoms with Gasteiger partial charge in [-0.25, -0.2) is 9.67 Å². The van der Waals surface area contributed by atoms with Gasteiger partial charge in [-0.15, -0.1) is 0 Å². The fourth-order valence-electron chi connectivity index (χ4n) is 2.47. The van der Waals surface area contributed by atoms with Crippen molar-refractivity contribution in [3.05, 3.63) is 47.5 Å². The Hall–Kier alpha value is -1.39. The molecule has 1 aromatic heterocycles. The molecule has 1 aliphatic rings. The summed E-state index contributed by atoms with van der Waals surface area (Å²) in [6, 6.07) is 7.87. The number of benzene rings is 1. The molecule has 0 bridgehead atoms. The molecule has 4 nitrogen and oxygen atoms in total. The van der Waals surface area contributed by atoms with Crippen LogP contribution in [0.25, 0.3) is 0 Å². The highest BCUT2D eigenvalue weighted by Crippen LogP contribution is 2.37. The van der Waals surface area contributed by atoms with E-state index in [1.165, 1.54) is 0 Å². The van der Waals surface area contributed by atoms with Crippen LogP contribution in [-0.4, -0.2) is 21.4 Å². The molecule has 2 heterocycles. The second-order valence-corrected chi connectivity index (χ2v) is 4.98. The summed E-state index contributed by atoms with van der Waals surface area (Å²) in [7, 11) is 0. The van der Waals surface area contributed by atoms with Crippen LogP contribution in [-0.2, 0) is 16.9 Å². The van der Waals surface area contributed by atoms with E-state index in [9.17, 15) is 0 Å². The van der Waals surface area contributed by atoms with Gasteiger partial charge in [0, 0.05) is 11.6 Å². The lowest BCUT2D eigenvalue weighted by Gasteiger charge is -2.28. The van der Waals surface area contributed by atoms with Crippen LogP contribution >= 0.6 is 11.6 Å². The minimum Gasteiger partial charge on any atom is -0.368 e. The third-order valence-corrected chi connectivity index (χ3v) is 3.61. The first kappa shape index (κ1) is 11.7. The van der Waals surface area contributed by atoms with E-state index in [1.807, 2.05) is 28.9 Å². The minimum atomic E-state index is -0.293. The van der Waals surface area contributed by atoms with Gasteiger partial charge < -0.3 is 4.74 Å². The predicted octanol–water partition coefficient (Wildman–Crippen LogP) is 2.64. The lowest BCUT2D eigenvalue weighted by molar-refractivity contribution is -0.0170. The Bertz CT molecular complexity index is 504. The zero-order chi connectivity index (χ0) is 12.4. The van der Waals surface area contributed by atoms with Gasteiger partial charge >= 0.3 is 0 Å². The molecule has 0 amide bonds. The molecule has 1 saturated heterocycles. The standard InChI is InChI=1S/C13H14ClN3O/c14-12-4-2-11(3-5-12)13(6-1-7-18-13)8-17-10-15-9-16-17/h2-5,9-10H,1,6-8H2. The number of hydrogen-bond acceptors (Lipinski definition) is 3. The van der Waals surface area contributed by atoms with Gasteiger partial charge in [0.15, 0.2) is 0 Å². The summed E-state index contributed by atoms with van der Waals surface area (Å²) in [6.45, 7) is 1.48. The maximum atomic E-state index is 6.01. The second kappa shape index (κ2) is 4.71. The molecule has 0 aliphatic carbocycles. The molecule has 1 unspecified atom stereocenters.